The largest absolute Gasteiger partial charge is 0.486 e. The van der Waals surface area contributed by atoms with E-state index in [1.165, 1.54) is 30.3 Å². The van der Waals surface area contributed by atoms with Crippen LogP contribution in [0, 0.1) is 0 Å². The Morgan fingerprint density at radius 3 is 2.44 bits per heavy atom. The summed E-state index contributed by atoms with van der Waals surface area (Å²) >= 11 is 5.78. The van der Waals surface area contributed by atoms with Gasteiger partial charge in [0.2, 0.25) is 0 Å². The molecule has 0 spiro atoms. The van der Waals surface area contributed by atoms with Crippen LogP contribution in [-0.2, 0) is 12.8 Å². The molecule has 3 rings (SSSR count). The lowest BCUT2D eigenvalue weighted by atomic mass is 10.1. The average Bonchev–Trinajstić information content (AvgIpc) is 3.10. The van der Waals surface area contributed by atoms with E-state index in [1.807, 2.05) is 0 Å². The molecule has 0 aliphatic carbocycles. The Kier molecular flexibility index (Phi) is 5.41. The van der Waals surface area contributed by atoms with Gasteiger partial charge in [-0.1, -0.05) is 23.7 Å². The van der Waals surface area contributed by atoms with E-state index in [-0.39, 0.29) is 18.1 Å². The summed E-state index contributed by atoms with van der Waals surface area (Å²) in [4.78, 5) is 12.2. The van der Waals surface area contributed by atoms with Crippen molar-refractivity contribution in [2.24, 2.45) is 0 Å². The van der Waals surface area contributed by atoms with Gasteiger partial charge in [0.05, 0.1) is 11.3 Å². The van der Waals surface area contributed by atoms with E-state index in [0.29, 0.717) is 16.5 Å². The molecule has 1 N–H and O–H groups in total. The maximum atomic E-state index is 13.0. The molecule has 0 aliphatic rings. The first-order valence-corrected chi connectivity index (χ1v) is 8.15. The van der Waals surface area contributed by atoms with Crippen LogP contribution in [0.25, 0.3) is 0 Å². The monoisotopic (exact) mass is 395 g/mol. The van der Waals surface area contributed by atoms with Crippen molar-refractivity contribution in [1.82, 2.24) is 0 Å². The number of hydrogen-bond acceptors (Lipinski definition) is 3. The van der Waals surface area contributed by atoms with Crippen LogP contribution in [0.4, 0.5) is 18.9 Å². The second kappa shape index (κ2) is 7.75. The number of para-hydroxylation sites is 1. The molecule has 27 heavy (non-hydrogen) atoms. The van der Waals surface area contributed by atoms with Gasteiger partial charge >= 0.3 is 6.18 Å². The normalized spacial score (nSPS) is 11.3. The van der Waals surface area contributed by atoms with Crippen LogP contribution in [0.5, 0.6) is 5.75 Å². The minimum atomic E-state index is -4.58. The molecule has 140 valence electrons. The van der Waals surface area contributed by atoms with E-state index >= 15 is 0 Å². The highest BCUT2D eigenvalue weighted by Gasteiger charge is 2.33. The van der Waals surface area contributed by atoms with E-state index in [0.717, 1.165) is 6.07 Å². The van der Waals surface area contributed by atoms with Gasteiger partial charge < -0.3 is 14.5 Å². The van der Waals surface area contributed by atoms with Gasteiger partial charge in [-0.15, -0.1) is 0 Å². The number of amides is 1. The summed E-state index contributed by atoms with van der Waals surface area (Å²) in [5.41, 5.74) is -1.28. The zero-order valence-corrected chi connectivity index (χ0v) is 14.5. The average molecular weight is 396 g/mol. The number of carbonyl (C=O) groups is 1. The molecule has 0 fully saturated rings. The van der Waals surface area contributed by atoms with Crippen LogP contribution < -0.4 is 10.1 Å². The van der Waals surface area contributed by atoms with E-state index in [2.05, 4.69) is 5.32 Å². The Morgan fingerprint density at radius 1 is 1.04 bits per heavy atom. The van der Waals surface area contributed by atoms with Gasteiger partial charge in [-0.05, 0) is 48.5 Å². The maximum absolute atomic E-state index is 13.0. The summed E-state index contributed by atoms with van der Waals surface area (Å²) in [6.45, 7) is 0.0497. The number of anilines is 1. The van der Waals surface area contributed by atoms with Crippen LogP contribution >= 0.6 is 11.6 Å². The molecule has 2 aromatic carbocycles. The fourth-order valence-electron chi connectivity index (χ4n) is 2.29. The minimum Gasteiger partial charge on any atom is -0.486 e. The fraction of sp³-hybridized carbons (Fsp3) is 0.105. The summed E-state index contributed by atoms with van der Waals surface area (Å²) in [6.07, 6.45) is -4.58. The van der Waals surface area contributed by atoms with Gasteiger partial charge in [-0.2, -0.15) is 13.2 Å². The standard InChI is InChI=1S/C19H13ClF3NO3/c20-12-5-7-13(8-6-12)26-11-14-9-10-17(27-14)18(25)24-16-4-2-1-3-15(16)19(21,22)23/h1-10H,11H2,(H,24,25). The number of ether oxygens (including phenoxy) is 1. The summed E-state index contributed by atoms with van der Waals surface area (Å²) in [5, 5.41) is 2.79. The third-order valence-electron chi connectivity index (χ3n) is 3.56. The molecule has 0 unspecified atom stereocenters. The second-order valence-electron chi connectivity index (χ2n) is 5.51. The van der Waals surface area contributed by atoms with Crippen molar-refractivity contribution in [1.29, 1.82) is 0 Å². The molecule has 0 aliphatic heterocycles. The molecule has 0 bridgehead atoms. The number of benzene rings is 2. The molecule has 0 saturated heterocycles. The van der Waals surface area contributed by atoms with Crippen LogP contribution in [0.15, 0.2) is 65.1 Å². The molecule has 1 aromatic heterocycles. The van der Waals surface area contributed by atoms with Crippen molar-refractivity contribution >= 4 is 23.2 Å². The molecule has 3 aromatic rings. The number of halogens is 4. The van der Waals surface area contributed by atoms with Gasteiger partial charge in [0.25, 0.3) is 5.91 Å². The zero-order chi connectivity index (χ0) is 19.4. The molecule has 0 radical (unpaired) electrons. The van der Waals surface area contributed by atoms with E-state index < -0.39 is 17.6 Å². The number of hydrogen-bond donors (Lipinski definition) is 1. The molecule has 0 atom stereocenters. The number of carbonyl (C=O) groups excluding carboxylic acids is 1. The Hall–Kier alpha value is -2.93. The minimum absolute atomic E-state index is 0.0497. The number of nitrogens with one attached hydrogen (secondary N) is 1. The smallest absolute Gasteiger partial charge is 0.418 e. The van der Waals surface area contributed by atoms with Crippen LogP contribution in [0.3, 0.4) is 0 Å². The van der Waals surface area contributed by atoms with Crippen molar-refractivity contribution in [2.75, 3.05) is 5.32 Å². The van der Waals surface area contributed by atoms with E-state index in [1.54, 1.807) is 24.3 Å². The SMILES string of the molecule is O=C(Nc1ccccc1C(F)(F)F)c1ccc(COc2ccc(Cl)cc2)o1. The first kappa shape index (κ1) is 18.8. The van der Waals surface area contributed by atoms with E-state index in [9.17, 15) is 18.0 Å². The van der Waals surface area contributed by atoms with Crippen LogP contribution in [0.1, 0.15) is 21.9 Å². The summed E-state index contributed by atoms with van der Waals surface area (Å²) in [6, 6.07) is 14.3. The lowest BCUT2D eigenvalue weighted by Crippen LogP contribution is -2.16. The van der Waals surface area contributed by atoms with Gasteiger partial charge in [-0.25, -0.2) is 0 Å². The summed E-state index contributed by atoms with van der Waals surface area (Å²) < 4.78 is 49.8. The topological polar surface area (TPSA) is 51.5 Å². The Balaban J connectivity index is 1.66. The van der Waals surface area contributed by atoms with Crippen molar-refractivity contribution in [3.8, 4) is 5.75 Å². The van der Waals surface area contributed by atoms with Crippen molar-refractivity contribution in [2.45, 2.75) is 12.8 Å². The van der Waals surface area contributed by atoms with Crippen LogP contribution in [-0.4, -0.2) is 5.91 Å². The molecule has 1 amide bonds. The van der Waals surface area contributed by atoms with Crippen molar-refractivity contribution in [3.63, 3.8) is 0 Å². The van der Waals surface area contributed by atoms with Crippen LogP contribution in [0.2, 0.25) is 5.02 Å². The zero-order valence-electron chi connectivity index (χ0n) is 13.7. The van der Waals surface area contributed by atoms with Gasteiger partial charge in [-0.3, -0.25) is 4.79 Å². The Morgan fingerprint density at radius 2 is 1.74 bits per heavy atom. The highest BCUT2D eigenvalue weighted by molar-refractivity contribution is 6.30. The lowest BCUT2D eigenvalue weighted by Gasteiger charge is -2.12. The van der Waals surface area contributed by atoms with Gasteiger partial charge in [0.15, 0.2) is 5.76 Å². The lowest BCUT2D eigenvalue weighted by molar-refractivity contribution is -0.136. The number of rotatable bonds is 5. The predicted molar refractivity (Wildman–Crippen MR) is 93.9 cm³/mol. The second-order valence-corrected chi connectivity index (χ2v) is 5.94. The third-order valence-corrected chi connectivity index (χ3v) is 3.81. The van der Waals surface area contributed by atoms with Gasteiger partial charge in [0.1, 0.15) is 18.1 Å². The molecular formula is C19H13ClF3NO3. The highest BCUT2D eigenvalue weighted by atomic mass is 35.5. The molecule has 1 heterocycles. The van der Waals surface area contributed by atoms with Gasteiger partial charge in [0, 0.05) is 5.02 Å². The molecule has 0 saturated carbocycles. The maximum Gasteiger partial charge on any atom is 0.418 e. The summed E-state index contributed by atoms with van der Waals surface area (Å²) in [5.74, 6) is -0.00811. The number of furan rings is 1. The van der Waals surface area contributed by atoms with Crippen molar-refractivity contribution < 1.29 is 27.1 Å². The fourth-order valence-corrected chi connectivity index (χ4v) is 2.41. The predicted octanol–water partition coefficient (Wildman–Crippen LogP) is 5.78. The summed E-state index contributed by atoms with van der Waals surface area (Å²) in [7, 11) is 0. The quantitative estimate of drug-likeness (QED) is 0.595. The first-order chi connectivity index (χ1) is 12.8. The highest BCUT2D eigenvalue weighted by Crippen LogP contribution is 2.34. The Labute approximate surface area is 157 Å². The molecule has 8 heteroatoms. The van der Waals surface area contributed by atoms with E-state index in [4.69, 9.17) is 20.8 Å². The molecular weight excluding hydrogens is 383 g/mol. The Bertz CT molecular complexity index is 936. The number of alkyl halides is 3. The first-order valence-electron chi connectivity index (χ1n) is 7.77. The third kappa shape index (κ3) is 4.83. The van der Waals surface area contributed by atoms with Crippen molar-refractivity contribution in [3.05, 3.63) is 82.8 Å². The molecule has 4 nitrogen and oxygen atoms in total.